The van der Waals surface area contributed by atoms with Gasteiger partial charge in [-0.25, -0.2) is 9.67 Å². The number of hydrogen-bond donors (Lipinski definition) is 1. The minimum absolute atomic E-state index is 0.0919. The first-order valence-corrected chi connectivity index (χ1v) is 4.64. The van der Waals surface area contributed by atoms with Gasteiger partial charge in [0.15, 0.2) is 0 Å². The van der Waals surface area contributed by atoms with Crippen molar-refractivity contribution in [1.29, 1.82) is 0 Å². The smallest absolute Gasteiger partial charge is 0.147 e. The van der Waals surface area contributed by atoms with E-state index in [9.17, 15) is 0 Å². The van der Waals surface area contributed by atoms with Gasteiger partial charge in [-0.05, 0) is 27.2 Å². The Morgan fingerprint density at radius 1 is 1.46 bits per heavy atom. The number of rotatable bonds is 3. The Bertz CT molecular complexity index is 286. The van der Waals surface area contributed by atoms with Crippen LogP contribution in [-0.4, -0.2) is 21.3 Å². The normalized spacial score (nSPS) is 15.8. The van der Waals surface area contributed by atoms with E-state index in [1.807, 2.05) is 18.5 Å². The van der Waals surface area contributed by atoms with Crippen LogP contribution in [0.25, 0.3) is 0 Å². The first-order valence-electron chi connectivity index (χ1n) is 4.64. The predicted molar refractivity (Wildman–Crippen MR) is 52.5 cm³/mol. The predicted octanol–water partition coefficient (Wildman–Crippen LogP) is 0.979. The van der Waals surface area contributed by atoms with Crippen molar-refractivity contribution < 1.29 is 0 Å². The van der Waals surface area contributed by atoms with E-state index in [2.05, 4.69) is 23.9 Å². The highest BCUT2D eigenvalue weighted by atomic mass is 15.4. The zero-order chi connectivity index (χ0) is 10.1. The van der Waals surface area contributed by atoms with E-state index >= 15 is 0 Å². The molecule has 4 nitrogen and oxygen atoms in total. The SMILES string of the molecule is CCC(C)(CN)n1nc(C)nc1C. The summed E-state index contributed by atoms with van der Waals surface area (Å²) in [5, 5.41) is 4.35. The average Bonchev–Trinajstić information content (AvgIpc) is 2.44. The van der Waals surface area contributed by atoms with E-state index in [1.54, 1.807) is 0 Å². The van der Waals surface area contributed by atoms with Gasteiger partial charge in [-0.1, -0.05) is 6.92 Å². The van der Waals surface area contributed by atoms with Crippen molar-refractivity contribution in [3.63, 3.8) is 0 Å². The molecular weight excluding hydrogens is 164 g/mol. The lowest BCUT2D eigenvalue weighted by Gasteiger charge is -2.27. The van der Waals surface area contributed by atoms with Crippen LogP contribution in [0.5, 0.6) is 0 Å². The molecule has 0 saturated heterocycles. The number of hydrogen-bond acceptors (Lipinski definition) is 3. The lowest BCUT2D eigenvalue weighted by atomic mass is 10.00. The number of aryl methyl sites for hydroxylation is 2. The Morgan fingerprint density at radius 2 is 2.08 bits per heavy atom. The van der Waals surface area contributed by atoms with Crippen LogP contribution in [-0.2, 0) is 5.54 Å². The molecule has 1 aromatic heterocycles. The Morgan fingerprint density at radius 3 is 2.38 bits per heavy atom. The van der Waals surface area contributed by atoms with Gasteiger partial charge in [0.2, 0.25) is 0 Å². The maximum Gasteiger partial charge on any atom is 0.147 e. The van der Waals surface area contributed by atoms with Gasteiger partial charge < -0.3 is 5.73 Å². The van der Waals surface area contributed by atoms with Crippen molar-refractivity contribution in [2.75, 3.05) is 6.54 Å². The van der Waals surface area contributed by atoms with Crippen molar-refractivity contribution in [3.8, 4) is 0 Å². The van der Waals surface area contributed by atoms with Gasteiger partial charge in [0.1, 0.15) is 11.6 Å². The highest BCUT2D eigenvalue weighted by Gasteiger charge is 2.25. The zero-order valence-electron chi connectivity index (χ0n) is 8.83. The maximum atomic E-state index is 5.74. The van der Waals surface area contributed by atoms with Gasteiger partial charge in [-0.15, -0.1) is 0 Å². The Hall–Kier alpha value is -0.900. The first-order chi connectivity index (χ1) is 6.03. The Labute approximate surface area is 79.2 Å². The number of nitrogens with zero attached hydrogens (tertiary/aromatic N) is 3. The van der Waals surface area contributed by atoms with Crippen LogP contribution < -0.4 is 5.73 Å². The van der Waals surface area contributed by atoms with Gasteiger partial charge in [0, 0.05) is 6.54 Å². The summed E-state index contributed by atoms with van der Waals surface area (Å²) in [4.78, 5) is 4.27. The van der Waals surface area contributed by atoms with E-state index in [0.717, 1.165) is 18.1 Å². The third-order valence-corrected chi connectivity index (χ3v) is 2.59. The summed E-state index contributed by atoms with van der Waals surface area (Å²) >= 11 is 0. The average molecular weight is 182 g/mol. The molecule has 0 aliphatic carbocycles. The van der Waals surface area contributed by atoms with Crippen LogP contribution in [0.3, 0.4) is 0 Å². The zero-order valence-corrected chi connectivity index (χ0v) is 8.83. The lowest BCUT2D eigenvalue weighted by Crippen LogP contribution is -2.39. The topological polar surface area (TPSA) is 56.7 Å². The molecule has 1 unspecified atom stereocenters. The van der Waals surface area contributed by atoms with Crippen LogP contribution in [0, 0.1) is 13.8 Å². The summed E-state index contributed by atoms with van der Waals surface area (Å²) in [5.41, 5.74) is 5.65. The molecule has 13 heavy (non-hydrogen) atoms. The molecule has 0 aliphatic heterocycles. The minimum Gasteiger partial charge on any atom is -0.328 e. The molecule has 2 N–H and O–H groups in total. The second kappa shape index (κ2) is 3.46. The minimum atomic E-state index is -0.0919. The fraction of sp³-hybridized carbons (Fsp3) is 0.778. The first kappa shape index (κ1) is 10.2. The van der Waals surface area contributed by atoms with Crippen molar-refractivity contribution in [3.05, 3.63) is 11.6 Å². The number of aromatic nitrogens is 3. The molecule has 74 valence electrons. The second-order valence-electron chi connectivity index (χ2n) is 3.67. The maximum absolute atomic E-state index is 5.74. The van der Waals surface area contributed by atoms with Gasteiger partial charge in [0.05, 0.1) is 5.54 Å². The fourth-order valence-corrected chi connectivity index (χ4v) is 1.41. The fourth-order valence-electron chi connectivity index (χ4n) is 1.41. The van der Waals surface area contributed by atoms with E-state index < -0.39 is 0 Å². The Balaban J connectivity index is 3.11. The molecular formula is C9H18N4. The molecule has 0 bridgehead atoms. The third kappa shape index (κ3) is 1.72. The van der Waals surface area contributed by atoms with Crippen LogP contribution in [0.4, 0.5) is 0 Å². The van der Waals surface area contributed by atoms with E-state index in [1.165, 1.54) is 0 Å². The molecule has 1 aromatic rings. The quantitative estimate of drug-likeness (QED) is 0.758. The van der Waals surface area contributed by atoms with Crippen molar-refractivity contribution in [1.82, 2.24) is 14.8 Å². The summed E-state index contributed by atoms with van der Waals surface area (Å²) in [6, 6.07) is 0. The largest absolute Gasteiger partial charge is 0.328 e. The summed E-state index contributed by atoms with van der Waals surface area (Å²) in [6.45, 7) is 8.67. The summed E-state index contributed by atoms with van der Waals surface area (Å²) in [6.07, 6.45) is 0.965. The standard InChI is InChI=1S/C9H18N4/c1-5-9(4,6-10)13-8(3)11-7(2)12-13/h5-6,10H2,1-4H3. The lowest BCUT2D eigenvalue weighted by molar-refractivity contribution is 0.277. The molecule has 0 aromatic carbocycles. The Kier molecular flexibility index (Phi) is 2.71. The monoisotopic (exact) mass is 182 g/mol. The van der Waals surface area contributed by atoms with Crippen molar-refractivity contribution in [2.45, 2.75) is 39.7 Å². The summed E-state index contributed by atoms with van der Waals surface area (Å²) in [7, 11) is 0. The highest BCUT2D eigenvalue weighted by Crippen LogP contribution is 2.19. The van der Waals surface area contributed by atoms with Gasteiger partial charge in [0.25, 0.3) is 0 Å². The van der Waals surface area contributed by atoms with E-state index in [4.69, 9.17) is 5.73 Å². The van der Waals surface area contributed by atoms with Crippen LogP contribution in [0.1, 0.15) is 31.9 Å². The third-order valence-electron chi connectivity index (χ3n) is 2.59. The molecule has 0 aliphatic rings. The molecule has 0 radical (unpaired) electrons. The van der Waals surface area contributed by atoms with E-state index in [-0.39, 0.29) is 5.54 Å². The molecule has 1 atom stereocenters. The van der Waals surface area contributed by atoms with Gasteiger partial charge >= 0.3 is 0 Å². The number of nitrogens with two attached hydrogens (primary N) is 1. The second-order valence-corrected chi connectivity index (χ2v) is 3.67. The molecule has 0 spiro atoms. The van der Waals surface area contributed by atoms with E-state index in [0.29, 0.717) is 6.54 Å². The van der Waals surface area contributed by atoms with Gasteiger partial charge in [-0.3, -0.25) is 0 Å². The highest BCUT2D eigenvalue weighted by molar-refractivity contribution is 4.95. The summed E-state index contributed by atoms with van der Waals surface area (Å²) < 4.78 is 1.93. The molecule has 0 saturated carbocycles. The molecule has 4 heteroatoms. The van der Waals surface area contributed by atoms with Crippen molar-refractivity contribution >= 4 is 0 Å². The molecule has 1 rings (SSSR count). The molecule has 0 amide bonds. The molecule has 0 fully saturated rings. The van der Waals surface area contributed by atoms with Crippen LogP contribution >= 0.6 is 0 Å². The van der Waals surface area contributed by atoms with Crippen LogP contribution in [0.2, 0.25) is 0 Å². The van der Waals surface area contributed by atoms with Crippen molar-refractivity contribution in [2.24, 2.45) is 5.73 Å². The molecule has 1 heterocycles. The van der Waals surface area contributed by atoms with Gasteiger partial charge in [-0.2, -0.15) is 5.10 Å². The summed E-state index contributed by atoms with van der Waals surface area (Å²) in [5.74, 6) is 1.75. The van der Waals surface area contributed by atoms with Crippen LogP contribution in [0.15, 0.2) is 0 Å².